The first kappa shape index (κ1) is 16.5. The Balaban J connectivity index is 1.77. The minimum Gasteiger partial charge on any atom is -0.495 e. The lowest BCUT2D eigenvalue weighted by atomic mass is 10.2. The number of fused-ring (bicyclic) bond motifs is 1. The number of methoxy groups -OCH3 is 1. The van der Waals surface area contributed by atoms with Gasteiger partial charge >= 0.3 is 6.03 Å². The number of thiazole rings is 1. The maximum Gasteiger partial charge on any atom is 0.323 e. The quantitative estimate of drug-likeness (QED) is 0.713. The lowest BCUT2D eigenvalue weighted by molar-refractivity contribution is 0.262. The van der Waals surface area contributed by atoms with E-state index in [0.717, 1.165) is 20.9 Å². The Kier molecular flexibility index (Phi) is 4.55. The van der Waals surface area contributed by atoms with Crippen molar-refractivity contribution in [2.24, 2.45) is 0 Å². The number of amides is 2. The van der Waals surface area contributed by atoms with Crippen LogP contribution >= 0.6 is 22.9 Å². The van der Waals surface area contributed by atoms with Crippen molar-refractivity contribution in [3.05, 3.63) is 40.0 Å². The van der Waals surface area contributed by atoms with Crippen LogP contribution in [0.25, 0.3) is 10.3 Å². The summed E-state index contributed by atoms with van der Waals surface area (Å²) in [6, 6.07) is 4.64. The van der Waals surface area contributed by atoms with E-state index < -0.39 is 0 Å². The Bertz CT molecular complexity index is 926. The summed E-state index contributed by atoms with van der Waals surface area (Å²) in [5.74, 6) is 0.548. The molecule has 24 heavy (non-hydrogen) atoms. The van der Waals surface area contributed by atoms with Crippen molar-refractivity contribution in [3.8, 4) is 5.75 Å². The van der Waals surface area contributed by atoms with Gasteiger partial charge < -0.3 is 15.4 Å². The molecule has 0 radical (unpaired) electrons. The lowest BCUT2D eigenvalue weighted by Crippen LogP contribution is -2.20. The molecule has 0 fully saturated rings. The van der Waals surface area contributed by atoms with Crippen LogP contribution in [-0.2, 0) is 0 Å². The van der Waals surface area contributed by atoms with Gasteiger partial charge in [0.25, 0.3) is 0 Å². The maximum absolute atomic E-state index is 12.2. The number of aryl methyl sites for hydroxylation is 2. The predicted octanol–water partition coefficient (Wildman–Crippen LogP) is 4.61. The first-order valence-electron chi connectivity index (χ1n) is 7.12. The third kappa shape index (κ3) is 3.27. The number of anilines is 2. The molecule has 0 saturated heterocycles. The molecule has 0 aliphatic rings. The molecule has 2 heterocycles. The molecule has 0 bridgehead atoms. The number of hydrogen-bond donors (Lipinski definition) is 2. The second-order valence-electron chi connectivity index (χ2n) is 5.11. The summed E-state index contributed by atoms with van der Waals surface area (Å²) in [7, 11) is 1.53. The van der Waals surface area contributed by atoms with Crippen molar-refractivity contribution in [1.29, 1.82) is 0 Å². The molecule has 0 atom stereocenters. The Labute approximate surface area is 147 Å². The van der Waals surface area contributed by atoms with Crippen LogP contribution < -0.4 is 15.4 Å². The molecule has 8 heteroatoms. The van der Waals surface area contributed by atoms with E-state index in [1.54, 1.807) is 24.4 Å². The SMILES string of the molecule is COc1ccc(NC(=O)Nc2cnc3sc(C)nc3c2C)cc1Cl. The van der Waals surface area contributed by atoms with Gasteiger partial charge in [-0.1, -0.05) is 22.9 Å². The maximum atomic E-state index is 12.2. The summed E-state index contributed by atoms with van der Waals surface area (Å²) in [5, 5.41) is 6.88. The molecule has 0 spiro atoms. The molecule has 3 aromatic rings. The zero-order valence-electron chi connectivity index (χ0n) is 13.3. The summed E-state index contributed by atoms with van der Waals surface area (Å²) in [6.45, 7) is 3.84. The van der Waals surface area contributed by atoms with Gasteiger partial charge in [0.1, 0.15) is 16.1 Å². The number of hydrogen-bond acceptors (Lipinski definition) is 5. The summed E-state index contributed by atoms with van der Waals surface area (Å²) in [4.78, 5) is 21.8. The molecule has 0 aliphatic heterocycles. The number of ether oxygens (including phenoxy) is 1. The van der Waals surface area contributed by atoms with Crippen molar-refractivity contribution in [3.63, 3.8) is 0 Å². The number of aromatic nitrogens is 2. The molecular weight excluding hydrogens is 348 g/mol. The highest BCUT2D eigenvalue weighted by atomic mass is 35.5. The molecule has 124 valence electrons. The lowest BCUT2D eigenvalue weighted by Gasteiger charge is -2.11. The fourth-order valence-electron chi connectivity index (χ4n) is 2.25. The molecule has 0 saturated carbocycles. The molecular formula is C16H15ClN4O2S. The summed E-state index contributed by atoms with van der Waals surface area (Å²) in [6.07, 6.45) is 1.63. The summed E-state index contributed by atoms with van der Waals surface area (Å²) >= 11 is 7.58. The number of halogens is 1. The predicted molar refractivity (Wildman–Crippen MR) is 97.5 cm³/mol. The Morgan fingerprint density at radius 2 is 2.08 bits per heavy atom. The third-order valence-corrected chi connectivity index (χ3v) is 4.62. The average molecular weight is 363 g/mol. The second-order valence-corrected chi connectivity index (χ2v) is 6.70. The van der Waals surface area contributed by atoms with Gasteiger partial charge in [0.15, 0.2) is 0 Å². The van der Waals surface area contributed by atoms with Crippen LogP contribution in [0.4, 0.5) is 16.2 Å². The Hall–Kier alpha value is -2.38. The van der Waals surface area contributed by atoms with E-state index in [1.165, 1.54) is 18.4 Å². The monoisotopic (exact) mass is 362 g/mol. The summed E-state index contributed by atoms with van der Waals surface area (Å²) in [5.41, 5.74) is 2.87. The van der Waals surface area contributed by atoms with Crippen LogP contribution in [0.15, 0.2) is 24.4 Å². The first-order chi connectivity index (χ1) is 11.5. The highest BCUT2D eigenvalue weighted by Crippen LogP contribution is 2.28. The van der Waals surface area contributed by atoms with Crippen molar-refractivity contribution in [2.45, 2.75) is 13.8 Å². The number of pyridine rings is 1. The topological polar surface area (TPSA) is 76.1 Å². The molecule has 6 nitrogen and oxygen atoms in total. The van der Waals surface area contributed by atoms with E-state index in [9.17, 15) is 4.79 Å². The number of benzene rings is 1. The van der Waals surface area contributed by atoms with Crippen LogP contribution in [0, 0.1) is 13.8 Å². The van der Waals surface area contributed by atoms with Gasteiger partial charge in [-0.3, -0.25) is 0 Å². The standard InChI is InChI=1S/C16H15ClN4O2S/c1-8-12(7-18-15-14(8)19-9(2)24-15)21-16(22)20-10-4-5-13(23-3)11(17)6-10/h4-7H,1-3H3,(H2,20,21,22). The van der Waals surface area contributed by atoms with E-state index in [1.807, 2.05) is 13.8 Å². The zero-order chi connectivity index (χ0) is 17.3. The largest absolute Gasteiger partial charge is 0.495 e. The molecule has 2 N–H and O–H groups in total. The average Bonchev–Trinajstić information content (AvgIpc) is 2.92. The van der Waals surface area contributed by atoms with E-state index >= 15 is 0 Å². The number of urea groups is 1. The van der Waals surface area contributed by atoms with Crippen LogP contribution in [0.5, 0.6) is 5.75 Å². The van der Waals surface area contributed by atoms with E-state index in [0.29, 0.717) is 22.1 Å². The van der Waals surface area contributed by atoms with Gasteiger partial charge in [-0.25, -0.2) is 14.8 Å². The van der Waals surface area contributed by atoms with Crippen molar-refractivity contribution in [1.82, 2.24) is 9.97 Å². The van der Waals surface area contributed by atoms with Crippen LogP contribution in [0.2, 0.25) is 5.02 Å². The summed E-state index contributed by atoms with van der Waals surface area (Å²) < 4.78 is 5.08. The van der Waals surface area contributed by atoms with Crippen molar-refractivity contribution in [2.75, 3.05) is 17.7 Å². The van der Waals surface area contributed by atoms with Gasteiger partial charge in [0.2, 0.25) is 0 Å². The molecule has 1 aromatic carbocycles. The molecule has 2 aromatic heterocycles. The van der Waals surface area contributed by atoms with Gasteiger partial charge in [0, 0.05) is 11.3 Å². The molecule has 2 amide bonds. The van der Waals surface area contributed by atoms with Gasteiger partial charge in [-0.05, 0) is 32.0 Å². The van der Waals surface area contributed by atoms with Crippen molar-refractivity contribution < 1.29 is 9.53 Å². The number of rotatable bonds is 3. The first-order valence-corrected chi connectivity index (χ1v) is 8.31. The number of nitrogens with one attached hydrogen (secondary N) is 2. The van der Waals surface area contributed by atoms with Crippen molar-refractivity contribution >= 4 is 50.7 Å². The van der Waals surface area contributed by atoms with Gasteiger partial charge in [0.05, 0.1) is 29.0 Å². The highest BCUT2D eigenvalue weighted by molar-refractivity contribution is 7.18. The van der Waals surface area contributed by atoms with E-state index in [-0.39, 0.29) is 6.03 Å². The molecule has 0 aliphatic carbocycles. The normalized spacial score (nSPS) is 10.7. The van der Waals surface area contributed by atoms with E-state index in [4.69, 9.17) is 16.3 Å². The van der Waals surface area contributed by atoms with Crippen LogP contribution in [0.3, 0.4) is 0 Å². The van der Waals surface area contributed by atoms with Gasteiger partial charge in [-0.15, -0.1) is 0 Å². The number of carbonyl (C=O) groups excluding carboxylic acids is 1. The van der Waals surface area contributed by atoms with E-state index in [2.05, 4.69) is 20.6 Å². The van der Waals surface area contributed by atoms with Crippen LogP contribution in [0.1, 0.15) is 10.6 Å². The fraction of sp³-hybridized carbons (Fsp3) is 0.188. The number of nitrogens with zero attached hydrogens (tertiary/aromatic N) is 2. The minimum atomic E-state index is -0.382. The Morgan fingerprint density at radius 1 is 1.29 bits per heavy atom. The number of carbonyl (C=O) groups is 1. The highest BCUT2D eigenvalue weighted by Gasteiger charge is 2.12. The third-order valence-electron chi connectivity index (χ3n) is 3.44. The van der Waals surface area contributed by atoms with Gasteiger partial charge in [-0.2, -0.15) is 0 Å². The minimum absolute atomic E-state index is 0.382. The fourth-order valence-corrected chi connectivity index (χ4v) is 3.33. The molecule has 3 rings (SSSR count). The van der Waals surface area contributed by atoms with Crippen LogP contribution in [-0.4, -0.2) is 23.1 Å². The smallest absolute Gasteiger partial charge is 0.323 e. The Morgan fingerprint density at radius 3 is 2.79 bits per heavy atom. The molecule has 0 unspecified atom stereocenters. The second kappa shape index (κ2) is 6.62. The zero-order valence-corrected chi connectivity index (χ0v) is 14.9.